The summed E-state index contributed by atoms with van der Waals surface area (Å²) in [6, 6.07) is 18.0. The van der Waals surface area contributed by atoms with Crippen LogP contribution in [0.2, 0.25) is 5.02 Å². The van der Waals surface area contributed by atoms with E-state index in [9.17, 15) is 18.0 Å². The van der Waals surface area contributed by atoms with Crippen LogP contribution in [0.3, 0.4) is 0 Å². The van der Waals surface area contributed by atoms with E-state index >= 15 is 0 Å². The second kappa shape index (κ2) is 9.85. The topological polar surface area (TPSA) is 88.5 Å². The quantitative estimate of drug-likeness (QED) is 0.345. The Hall–Kier alpha value is -3.14. The van der Waals surface area contributed by atoms with Crippen LogP contribution in [-0.4, -0.2) is 25.4 Å². The summed E-state index contributed by atoms with van der Waals surface area (Å²) in [4.78, 5) is 25.4. The van der Waals surface area contributed by atoms with Gasteiger partial charge in [0.15, 0.2) is 0 Å². The number of rotatable bonds is 7. The van der Waals surface area contributed by atoms with Gasteiger partial charge in [-0.2, -0.15) is 0 Å². The molecule has 0 spiro atoms. The summed E-state index contributed by atoms with van der Waals surface area (Å²) in [6.07, 6.45) is 0. The third kappa shape index (κ3) is 5.12. The Morgan fingerprint density at radius 2 is 1.80 bits per heavy atom. The minimum absolute atomic E-state index is 0.00868. The summed E-state index contributed by atoms with van der Waals surface area (Å²) in [6.45, 7) is 5.16. The summed E-state index contributed by atoms with van der Waals surface area (Å²) >= 11 is 7.27. The number of benzene rings is 3. The zero-order chi connectivity index (χ0) is 25.3. The third-order valence-corrected chi connectivity index (χ3v) is 8.40. The first-order valence-corrected chi connectivity index (χ1v) is 13.5. The van der Waals surface area contributed by atoms with Gasteiger partial charge >= 0.3 is 4.87 Å². The van der Waals surface area contributed by atoms with Crippen LogP contribution in [0.5, 0.6) is 0 Å². The first kappa shape index (κ1) is 25.0. The molecule has 0 bridgehead atoms. The Balaban J connectivity index is 1.67. The van der Waals surface area contributed by atoms with Gasteiger partial charge in [-0.15, -0.1) is 0 Å². The number of anilines is 2. The largest absolute Gasteiger partial charge is 0.324 e. The van der Waals surface area contributed by atoms with Gasteiger partial charge in [0, 0.05) is 16.8 Å². The summed E-state index contributed by atoms with van der Waals surface area (Å²) in [5.41, 5.74) is 2.23. The highest BCUT2D eigenvalue weighted by molar-refractivity contribution is 7.92. The van der Waals surface area contributed by atoms with Crippen molar-refractivity contribution >= 4 is 60.5 Å². The average molecular weight is 530 g/mol. The van der Waals surface area contributed by atoms with Crippen LogP contribution in [0.1, 0.15) is 25.5 Å². The molecule has 0 aliphatic rings. The molecule has 4 rings (SSSR count). The number of nitrogens with one attached hydrogen (secondary N) is 1. The normalized spacial score (nSPS) is 11.7. The summed E-state index contributed by atoms with van der Waals surface area (Å²) in [7, 11) is -4.06. The smallest absolute Gasteiger partial charge is 0.308 e. The van der Waals surface area contributed by atoms with Gasteiger partial charge in [0.05, 0.1) is 20.8 Å². The van der Waals surface area contributed by atoms with Gasteiger partial charge in [0.1, 0.15) is 6.54 Å². The molecular formula is C25H24ClN3O4S2. The van der Waals surface area contributed by atoms with Crippen molar-refractivity contribution in [1.82, 2.24) is 4.57 Å². The number of halogens is 1. The maximum absolute atomic E-state index is 13.5. The van der Waals surface area contributed by atoms with E-state index in [0.717, 1.165) is 25.9 Å². The first-order valence-electron chi connectivity index (χ1n) is 10.9. The van der Waals surface area contributed by atoms with Crippen LogP contribution in [0.15, 0.2) is 76.4 Å². The number of amides is 1. The first-order chi connectivity index (χ1) is 16.6. The second-order valence-electron chi connectivity index (χ2n) is 8.32. The molecule has 0 fully saturated rings. The molecule has 1 N–H and O–H groups in total. The molecule has 182 valence electrons. The Labute approximate surface area is 212 Å². The number of sulfonamides is 1. The van der Waals surface area contributed by atoms with Gasteiger partial charge in [0.25, 0.3) is 10.0 Å². The minimum Gasteiger partial charge on any atom is -0.324 e. The molecule has 0 radical (unpaired) electrons. The van der Waals surface area contributed by atoms with E-state index in [1.165, 1.54) is 18.2 Å². The van der Waals surface area contributed by atoms with Gasteiger partial charge < -0.3 is 5.32 Å². The van der Waals surface area contributed by atoms with Crippen LogP contribution in [0.4, 0.5) is 11.4 Å². The van der Waals surface area contributed by atoms with Gasteiger partial charge in [-0.1, -0.05) is 47.2 Å². The SMILES string of the molecule is Cc1ccc(Cl)cc1N(CC(=O)Nc1ccc2c(c1)sc(=O)n2C(C)C)S(=O)(=O)c1ccccc1. The Morgan fingerprint density at radius 1 is 1.09 bits per heavy atom. The summed E-state index contributed by atoms with van der Waals surface area (Å²) < 4.78 is 30.6. The molecule has 4 aromatic rings. The van der Waals surface area contributed by atoms with Gasteiger partial charge in [-0.25, -0.2) is 8.42 Å². The van der Waals surface area contributed by atoms with Crippen molar-refractivity contribution in [2.45, 2.75) is 31.7 Å². The van der Waals surface area contributed by atoms with Crippen LogP contribution in [0.25, 0.3) is 10.2 Å². The van der Waals surface area contributed by atoms with E-state index in [1.807, 2.05) is 13.8 Å². The number of thiazole rings is 1. The van der Waals surface area contributed by atoms with Crippen LogP contribution < -0.4 is 14.5 Å². The lowest BCUT2D eigenvalue weighted by molar-refractivity contribution is -0.114. The minimum atomic E-state index is -4.06. The number of aromatic nitrogens is 1. The van der Waals surface area contributed by atoms with Crippen molar-refractivity contribution in [3.05, 3.63) is 87.0 Å². The highest BCUT2D eigenvalue weighted by Crippen LogP contribution is 2.30. The fourth-order valence-corrected chi connectivity index (χ4v) is 6.52. The van der Waals surface area contributed by atoms with Gasteiger partial charge in [-0.3, -0.25) is 18.5 Å². The number of carbonyl (C=O) groups excluding carboxylic acids is 1. The number of nitrogens with zero attached hydrogens (tertiary/aromatic N) is 2. The van der Waals surface area contributed by atoms with Crippen LogP contribution in [0, 0.1) is 6.92 Å². The van der Waals surface area contributed by atoms with Crippen molar-refractivity contribution in [2.24, 2.45) is 0 Å². The number of fused-ring (bicyclic) bond motifs is 1. The molecule has 0 atom stereocenters. The van der Waals surface area contributed by atoms with E-state index in [0.29, 0.717) is 22.0 Å². The van der Waals surface area contributed by atoms with Crippen molar-refractivity contribution in [1.29, 1.82) is 0 Å². The van der Waals surface area contributed by atoms with E-state index in [1.54, 1.807) is 60.0 Å². The van der Waals surface area contributed by atoms with Crippen molar-refractivity contribution in [3.63, 3.8) is 0 Å². The molecule has 7 nitrogen and oxygen atoms in total. The van der Waals surface area contributed by atoms with E-state index < -0.39 is 22.5 Å². The molecule has 0 saturated carbocycles. The summed E-state index contributed by atoms with van der Waals surface area (Å²) in [5, 5.41) is 3.12. The van der Waals surface area contributed by atoms with E-state index in [2.05, 4.69) is 5.32 Å². The fourth-order valence-electron chi connectivity index (χ4n) is 3.80. The van der Waals surface area contributed by atoms with Crippen LogP contribution >= 0.6 is 22.9 Å². The zero-order valence-corrected chi connectivity index (χ0v) is 21.7. The maximum Gasteiger partial charge on any atom is 0.308 e. The lowest BCUT2D eigenvalue weighted by Gasteiger charge is -2.26. The number of carbonyl (C=O) groups is 1. The summed E-state index contributed by atoms with van der Waals surface area (Å²) in [5.74, 6) is -0.529. The predicted octanol–water partition coefficient (Wildman–Crippen LogP) is 5.44. The van der Waals surface area contributed by atoms with E-state index in [-0.39, 0.29) is 15.8 Å². The van der Waals surface area contributed by atoms with Crippen molar-refractivity contribution in [2.75, 3.05) is 16.2 Å². The predicted molar refractivity (Wildman–Crippen MR) is 142 cm³/mol. The monoisotopic (exact) mass is 529 g/mol. The lowest BCUT2D eigenvalue weighted by atomic mass is 10.2. The molecule has 0 aliphatic heterocycles. The number of hydrogen-bond donors (Lipinski definition) is 1. The Bertz CT molecular complexity index is 1560. The molecule has 35 heavy (non-hydrogen) atoms. The van der Waals surface area contributed by atoms with E-state index in [4.69, 9.17) is 11.6 Å². The molecule has 0 unspecified atom stereocenters. The molecular weight excluding hydrogens is 506 g/mol. The Morgan fingerprint density at radius 3 is 2.49 bits per heavy atom. The third-order valence-electron chi connectivity index (χ3n) is 5.47. The van der Waals surface area contributed by atoms with Gasteiger partial charge in [-0.05, 0) is 68.8 Å². The molecule has 0 saturated heterocycles. The second-order valence-corrected chi connectivity index (χ2v) is 11.6. The average Bonchev–Trinajstić information content (AvgIpc) is 3.14. The molecule has 3 aromatic carbocycles. The highest BCUT2D eigenvalue weighted by atomic mass is 35.5. The Kier molecular flexibility index (Phi) is 7.02. The van der Waals surface area contributed by atoms with Gasteiger partial charge in [0.2, 0.25) is 5.91 Å². The molecule has 0 aliphatic carbocycles. The lowest BCUT2D eigenvalue weighted by Crippen LogP contribution is -2.38. The molecule has 1 aromatic heterocycles. The maximum atomic E-state index is 13.5. The zero-order valence-electron chi connectivity index (χ0n) is 19.4. The molecule has 1 amide bonds. The standard InChI is InChI=1S/C25H24ClN3O4S2/c1-16(2)29-21-12-11-19(14-23(21)34-25(29)31)27-24(30)15-28(22-13-18(26)10-9-17(22)3)35(32,33)20-7-5-4-6-8-20/h4-14,16H,15H2,1-3H3,(H,27,30). The number of hydrogen-bond acceptors (Lipinski definition) is 5. The molecule has 10 heteroatoms. The highest BCUT2D eigenvalue weighted by Gasteiger charge is 2.28. The van der Waals surface area contributed by atoms with Crippen LogP contribution in [-0.2, 0) is 14.8 Å². The number of aryl methyl sites for hydroxylation is 1. The molecule has 1 heterocycles. The van der Waals surface area contributed by atoms with Crippen molar-refractivity contribution < 1.29 is 13.2 Å². The fraction of sp³-hybridized carbons (Fsp3) is 0.200. The van der Waals surface area contributed by atoms with Crippen molar-refractivity contribution in [3.8, 4) is 0 Å².